The summed E-state index contributed by atoms with van der Waals surface area (Å²) in [6.07, 6.45) is 5.24. The number of hydrogen-bond acceptors (Lipinski definition) is 3. The Kier molecular flexibility index (Phi) is 7.89. The zero-order chi connectivity index (χ0) is 13.1. The number of carbonyl (C=O) groups is 1. The SMILES string of the molecule is C1CCOCC1.CCCC(=O)Oc1ccccc1. The number of rotatable bonds is 3. The van der Waals surface area contributed by atoms with Gasteiger partial charge in [0.1, 0.15) is 5.75 Å². The minimum absolute atomic E-state index is 0.163. The summed E-state index contributed by atoms with van der Waals surface area (Å²) in [5.41, 5.74) is 0. The lowest BCUT2D eigenvalue weighted by atomic mass is 10.2. The van der Waals surface area contributed by atoms with Crippen molar-refractivity contribution in [3.63, 3.8) is 0 Å². The Balaban J connectivity index is 0.000000225. The predicted octanol–water partition coefficient (Wildman–Crippen LogP) is 3.58. The van der Waals surface area contributed by atoms with Crippen molar-refractivity contribution in [2.75, 3.05) is 13.2 Å². The molecule has 0 aliphatic carbocycles. The van der Waals surface area contributed by atoms with Gasteiger partial charge in [0.05, 0.1) is 0 Å². The van der Waals surface area contributed by atoms with Crippen LogP contribution in [0, 0.1) is 0 Å². The fourth-order valence-electron chi connectivity index (χ4n) is 1.56. The van der Waals surface area contributed by atoms with Crippen LogP contribution >= 0.6 is 0 Å². The van der Waals surface area contributed by atoms with Crippen LogP contribution < -0.4 is 4.74 Å². The quantitative estimate of drug-likeness (QED) is 0.607. The summed E-state index contributed by atoms with van der Waals surface area (Å²) in [7, 11) is 0. The van der Waals surface area contributed by atoms with Gasteiger partial charge in [-0.15, -0.1) is 0 Å². The number of carbonyl (C=O) groups excluding carboxylic acids is 1. The van der Waals surface area contributed by atoms with Crippen molar-refractivity contribution in [3.05, 3.63) is 30.3 Å². The average Bonchev–Trinajstić information content (AvgIpc) is 2.43. The van der Waals surface area contributed by atoms with E-state index in [4.69, 9.17) is 9.47 Å². The second-order valence-electron chi connectivity index (χ2n) is 4.21. The molecule has 2 rings (SSSR count). The molecule has 0 bridgehead atoms. The van der Waals surface area contributed by atoms with Crippen LogP contribution in [0.15, 0.2) is 30.3 Å². The van der Waals surface area contributed by atoms with E-state index in [2.05, 4.69) is 0 Å². The third-order valence-corrected chi connectivity index (χ3v) is 2.51. The topological polar surface area (TPSA) is 35.5 Å². The van der Waals surface area contributed by atoms with Gasteiger partial charge in [-0.1, -0.05) is 25.1 Å². The molecule has 1 aliphatic heterocycles. The van der Waals surface area contributed by atoms with Gasteiger partial charge in [0.15, 0.2) is 0 Å². The molecule has 0 spiro atoms. The van der Waals surface area contributed by atoms with Gasteiger partial charge in [-0.3, -0.25) is 4.79 Å². The van der Waals surface area contributed by atoms with Crippen molar-refractivity contribution in [3.8, 4) is 5.75 Å². The summed E-state index contributed by atoms with van der Waals surface area (Å²) in [6, 6.07) is 9.11. The second kappa shape index (κ2) is 9.66. The minimum atomic E-state index is -0.163. The van der Waals surface area contributed by atoms with E-state index in [1.807, 2.05) is 25.1 Å². The third kappa shape index (κ3) is 7.07. The fraction of sp³-hybridized carbons (Fsp3) is 0.533. The molecule has 0 radical (unpaired) electrons. The standard InChI is InChI=1S/C10H12O2.C5H10O/c1-2-6-10(11)12-9-7-4-3-5-8-9;1-2-4-6-5-3-1/h3-5,7-8H,2,6H2,1H3;1-5H2. The summed E-state index contributed by atoms with van der Waals surface area (Å²) < 4.78 is 10.1. The Morgan fingerprint density at radius 1 is 1.17 bits per heavy atom. The number of hydrogen-bond donors (Lipinski definition) is 0. The first-order valence-electron chi connectivity index (χ1n) is 6.66. The number of ether oxygens (including phenoxy) is 2. The van der Waals surface area contributed by atoms with Crippen LogP contribution in [-0.2, 0) is 9.53 Å². The van der Waals surface area contributed by atoms with Crippen molar-refractivity contribution >= 4 is 5.97 Å². The van der Waals surface area contributed by atoms with E-state index in [0.717, 1.165) is 19.6 Å². The zero-order valence-corrected chi connectivity index (χ0v) is 11.1. The van der Waals surface area contributed by atoms with Crippen molar-refractivity contribution in [2.45, 2.75) is 39.0 Å². The summed E-state index contributed by atoms with van der Waals surface area (Å²) in [5, 5.41) is 0. The number of esters is 1. The monoisotopic (exact) mass is 250 g/mol. The van der Waals surface area contributed by atoms with E-state index in [1.165, 1.54) is 19.3 Å². The van der Waals surface area contributed by atoms with Gasteiger partial charge in [0.2, 0.25) is 0 Å². The maximum atomic E-state index is 11.0. The highest BCUT2D eigenvalue weighted by atomic mass is 16.5. The van der Waals surface area contributed by atoms with Crippen molar-refractivity contribution in [1.29, 1.82) is 0 Å². The third-order valence-electron chi connectivity index (χ3n) is 2.51. The Morgan fingerprint density at radius 3 is 2.28 bits per heavy atom. The largest absolute Gasteiger partial charge is 0.427 e. The second-order valence-corrected chi connectivity index (χ2v) is 4.21. The van der Waals surface area contributed by atoms with Gasteiger partial charge in [-0.05, 0) is 37.8 Å². The molecule has 0 N–H and O–H groups in total. The van der Waals surface area contributed by atoms with Crippen molar-refractivity contribution in [1.82, 2.24) is 0 Å². The summed E-state index contributed by atoms with van der Waals surface area (Å²) in [4.78, 5) is 11.0. The molecule has 3 nitrogen and oxygen atoms in total. The average molecular weight is 250 g/mol. The smallest absolute Gasteiger partial charge is 0.311 e. The lowest BCUT2D eigenvalue weighted by molar-refractivity contribution is -0.134. The molecule has 3 heteroatoms. The minimum Gasteiger partial charge on any atom is -0.427 e. The Hall–Kier alpha value is -1.35. The van der Waals surface area contributed by atoms with Crippen LogP contribution in [0.2, 0.25) is 0 Å². The molecule has 0 aromatic heterocycles. The van der Waals surface area contributed by atoms with Crippen LogP contribution in [0.3, 0.4) is 0 Å². The predicted molar refractivity (Wildman–Crippen MR) is 71.7 cm³/mol. The van der Waals surface area contributed by atoms with Gasteiger partial charge in [0.25, 0.3) is 0 Å². The fourth-order valence-corrected chi connectivity index (χ4v) is 1.56. The molecular formula is C15H22O3. The molecular weight excluding hydrogens is 228 g/mol. The molecule has 1 aromatic carbocycles. The van der Waals surface area contributed by atoms with Gasteiger partial charge in [0, 0.05) is 19.6 Å². The lowest BCUT2D eigenvalue weighted by Gasteiger charge is -2.08. The van der Waals surface area contributed by atoms with E-state index in [0.29, 0.717) is 12.2 Å². The van der Waals surface area contributed by atoms with Crippen LogP contribution in [0.5, 0.6) is 5.75 Å². The van der Waals surface area contributed by atoms with Gasteiger partial charge in [-0.2, -0.15) is 0 Å². The summed E-state index contributed by atoms with van der Waals surface area (Å²) in [5.74, 6) is 0.458. The van der Waals surface area contributed by atoms with Crippen LogP contribution in [0.1, 0.15) is 39.0 Å². The summed E-state index contributed by atoms with van der Waals surface area (Å²) in [6.45, 7) is 3.95. The maximum Gasteiger partial charge on any atom is 0.311 e. The Morgan fingerprint density at radius 2 is 1.83 bits per heavy atom. The van der Waals surface area contributed by atoms with Crippen LogP contribution in [0.25, 0.3) is 0 Å². The molecule has 1 aromatic rings. The molecule has 18 heavy (non-hydrogen) atoms. The van der Waals surface area contributed by atoms with Crippen LogP contribution in [0.4, 0.5) is 0 Å². The molecule has 1 aliphatic rings. The van der Waals surface area contributed by atoms with Crippen molar-refractivity contribution < 1.29 is 14.3 Å². The molecule has 0 atom stereocenters. The highest BCUT2D eigenvalue weighted by Gasteiger charge is 2.00. The first-order chi connectivity index (χ1) is 8.83. The first kappa shape index (κ1) is 14.7. The lowest BCUT2D eigenvalue weighted by Crippen LogP contribution is -2.06. The van der Waals surface area contributed by atoms with Gasteiger partial charge < -0.3 is 9.47 Å². The summed E-state index contributed by atoms with van der Waals surface area (Å²) >= 11 is 0. The van der Waals surface area contributed by atoms with E-state index in [-0.39, 0.29) is 5.97 Å². The molecule has 0 unspecified atom stereocenters. The molecule has 0 saturated carbocycles. The first-order valence-corrected chi connectivity index (χ1v) is 6.66. The van der Waals surface area contributed by atoms with E-state index in [1.54, 1.807) is 12.1 Å². The maximum absolute atomic E-state index is 11.0. The highest BCUT2D eigenvalue weighted by Crippen LogP contribution is 2.09. The van der Waals surface area contributed by atoms with E-state index < -0.39 is 0 Å². The molecule has 1 fully saturated rings. The Bertz CT molecular complexity index is 306. The van der Waals surface area contributed by atoms with Gasteiger partial charge >= 0.3 is 5.97 Å². The number of para-hydroxylation sites is 1. The molecule has 1 saturated heterocycles. The Labute approximate surface area is 109 Å². The highest BCUT2D eigenvalue weighted by molar-refractivity contribution is 5.72. The molecule has 1 heterocycles. The van der Waals surface area contributed by atoms with E-state index in [9.17, 15) is 4.79 Å². The van der Waals surface area contributed by atoms with E-state index >= 15 is 0 Å². The number of benzene rings is 1. The zero-order valence-electron chi connectivity index (χ0n) is 11.1. The molecule has 100 valence electrons. The van der Waals surface area contributed by atoms with Crippen molar-refractivity contribution in [2.24, 2.45) is 0 Å². The van der Waals surface area contributed by atoms with Gasteiger partial charge in [-0.25, -0.2) is 0 Å². The normalized spacial score (nSPS) is 14.3. The van der Waals surface area contributed by atoms with Crippen LogP contribution in [-0.4, -0.2) is 19.2 Å². The molecule has 0 amide bonds.